The Hall–Kier alpha value is 0.705. The second kappa shape index (κ2) is 13.0. The van der Waals surface area contributed by atoms with Crippen LogP contribution in [-0.2, 0) is 32.9 Å². The van der Waals surface area contributed by atoms with E-state index >= 15 is 0 Å². The van der Waals surface area contributed by atoms with Crippen molar-refractivity contribution in [3.05, 3.63) is 29.8 Å². The third-order valence-corrected chi connectivity index (χ3v) is 13.3. The topological polar surface area (TPSA) is 57.5 Å². The molecule has 0 fully saturated rings. The van der Waals surface area contributed by atoms with Crippen molar-refractivity contribution in [3.63, 3.8) is 0 Å². The van der Waals surface area contributed by atoms with Gasteiger partial charge in [-0.2, -0.15) is 0 Å². The Morgan fingerprint density at radius 2 is 1.79 bits per heavy atom. The summed E-state index contributed by atoms with van der Waals surface area (Å²) in [6.45, 7) is 4.17. The molecule has 0 unspecified atom stereocenters. The van der Waals surface area contributed by atoms with Crippen molar-refractivity contribution in [3.8, 4) is 0 Å². The van der Waals surface area contributed by atoms with Crippen molar-refractivity contribution in [1.29, 1.82) is 0 Å². The first-order chi connectivity index (χ1) is 11.5. The van der Waals surface area contributed by atoms with E-state index in [4.69, 9.17) is 0 Å². The zero-order valence-corrected chi connectivity index (χ0v) is 22.7. The van der Waals surface area contributed by atoms with Crippen LogP contribution in [0.3, 0.4) is 0 Å². The van der Waals surface area contributed by atoms with Gasteiger partial charge in [0.05, 0.1) is 0 Å². The Labute approximate surface area is 166 Å². The maximum absolute atomic E-state index is 12.5. The molecular formula is C18H29BrHgO3S. The molecule has 0 aliphatic rings. The van der Waals surface area contributed by atoms with Crippen LogP contribution in [0, 0.1) is 12.8 Å². The van der Waals surface area contributed by atoms with E-state index in [-0.39, 0.29) is 11.7 Å². The number of halogens is 1. The van der Waals surface area contributed by atoms with Crippen LogP contribution in [0.25, 0.3) is 0 Å². The molecule has 0 bridgehead atoms. The molecule has 0 radical (unpaired) electrons. The van der Waals surface area contributed by atoms with E-state index in [1.54, 1.807) is 0 Å². The average molecular weight is 606 g/mol. The predicted octanol–water partition coefficient (Wildman–Crippen LogP) is 4.22. The quantitative estimate of drug-likeness (QED) is 0.277. The number of hydrogen-bond acceptors (Lipinski definition) is 3. The molecule has 0 aliphatic carbocycles. The summed E-state index contributed by atoms with van der Waals surface area (Å²) >= 11 is 2.45. The Kier molecular flexibility index (Phi) is 12.3. The van der Waals surface area contributed by atoms with Crippen LogP contribution in [0.15, 0.2) is 29.2 Å². The van der Waals surface area contributed by atoms with Crippen LogP contribution in [0.5, 0.6) is 0 Å². The van der Waals surface area contributed by atoms with E-state index in [9.17, 15) is 14.4 Å². The monoisotopic (exact) mass is 606 g/mol. The molecule has 0 aromatic heterocycles. The van der Waals surface area contributed by atoms with E-state index in [0.29, 0.717) is 0 Å². The standard InChI is InChI=1S/C18H29O3S.BrH.Hg/c1-4-5-6-7-8-17(19)15(3)18(20)13-22(21)16-11-9-14(2)10-12-16;;/h9-12,15,17-20H,3-8,13H2,1-2H3;1H;/q;;+1/p-1/t15-,17+,18+,22+;;/m0../s1. The Morgan fingerprint density at radius 3 is 2.38 bits per heavy atom. The van der Waals surface area contributed by atoms with Crippen molar-refractivity contribution in [1.82, 2.24) is 0 Å². The van der Waals surface area contributed by atoms with Crippen molar-refractivity contribution in [2.24, 2.45) is 5.92 Å². The summed E-state index contributed by atoms with van der Waals surface area (Å²) in [5.41, 5.74) is 1.13. The zero-order chi connectivity index (χ0) is 17.9. The van der Waals surface area contributed by atoms with Crippen LogP contribution in [0.1, 0.15) is 44.6 Å². The van der Waals surface area contributed by atoms with Gasteiger partial charge in [0.1, 0.15) is 0 Å². The van der Waals surface area contributed by atoms with Gasteiger partial charge in [-0.15, -0.1) is 0 Å². The van der Waals surface area contributed by atoms with Crippen LogP contribution in [0.2, 0.25) is 3.93 Å². The number of benzene rings is 1. The molecule has 0 saturated carbocycles. The number of aliphatic hydroxyl groups is 2. The van der Waals surface area contributed by atoms with Gasteiger partial charge in [0.25, 0.3) is 0 Å². The van der Waals surface area contributed by atoms with Gasteiger partial charge in [0.15, 0.2) is 0 Å². The van der Waals surface area contributed by atoms with Gasteiger partial charge in [-0.05, 0) is 0 Å². The Bertz CT molecular complexity index is 484. The van der Waals surface area contributed by atoms with Crippen LogP contribution in [-0.4, -0.2) is 32.4 Å². The summed E-state index contributed by atoms with van der Waals surface area (Å²) in [5.74, 6) is 0.0719. The number of rotatable bonds is 12. The summed E-state index contributed by atoms with van der Waals surface area (Å²) in [7, 11) is -1.22. The van der Waals surface area contributed by atoms with E-state index in [0.717, 1.165) is 33.7 Å². The molecule has 4 atom stereocenters. The van der Waals surface area contributed by atoms with Gasteiger partial charge in [-0.25, -0.2) is 0 Å². The second-order valence-electron chi connectivity index (χ2n) is 6.45. The first-order valence-corrected chi connectivity index (χ1v) is 26.0. The van der Waals surface area contributed by atoms with Gasteiger partial charge < -0.3 is 0 Å². The molecule has 0 spiro atoms. The van der Waals surface area contributed by atoms with E-state index in [2.05, 4.69) is 18.8 Å². The Balaban J connectivity index is 2.59. The summed E-state index contributed by atoms with van der Waals surface area (Å²) in [6, 6.07) is 7.60. The van der Waals surface area contributed by atoms with E-state index < -0.39 is 45.2 Å². The minimum atomic E-state index is -1.22. The molecule has 24 heavy (non-hydrogen) atoms. The number of unbranched alkanes of at least 4 members (excludes halogenated alkanes) is 3. The number of hydrogen-bond donors (Lipinski definition) is 2. The summed E-state index contributed by atoms with van der Waals surface area (Å²) in [6.07, 6.45) is 4.05. The third kappa shape index (κ3) is 8.39. The fourth-order valence-electron chi connectivity index (χ4n) is 2.83. The first kappa shape index (κ1) is 22.7. The van der Waals surface area contributed by atoms with Crippen molar-refractivity contribution >= 4 is 22.7 Å². The minimum absolute atomic E-state index is 0.137. The normalized spacial score (nSPS) is 16.2. The van der Waals surface area contributed by atoms with Crippen LogP contribution < -0.4 is 0 Å². The maximum atomic E-state index is 12.5. The molecule has 1 aromatic rings. The molecule has 0 saturated heterocycles. The number of aryl methyl sites for hydroxylation is 1. The van der Waals surface area contributed by atoms with Crippen molar-refractivity contribution < 1.29 is 36.6 Å². The average Bonchev–Trinajstić information content (AvgIpc) is 2.56. The molecule has 6 heteroatoms. The zero-order valence-electron chi connectivity index (χ0n) is 14.8. The van der Waals surface area contributed by atoms with Gasteiger partial charge in [-0.1, -0.05) is 0 Å². The van der Waals surface area contributed by atoms with Gasteiger partial charge in [0.2, 0.25) is 0 Å². The Morgan fingerprint density at radius 1 is 1.12 bits per heavy atom. The van der Waals surface area contributed by atoms with Gasteiger partial charge in [-0.3, -0.25) is 0 Å². The summed E-state index contributed by atoms with van der Waals surface area (Å²) in [5, 5.41) is 21.0. The fourth-order valence-corrected chi connectivity index (χ4v) is 12.6. The molecule has 1 aromatic carbocycles. The summed E-state index contributed by atoms with van der Waals surface area (Å²) < 4.78 is 13.4. The first-order valence-electron chi connectivity index (χ1n) is 8.86. The van der Waals surface area contributed by atoms with Crippen molar-refractivity contribution in [2.45, 2.75) is 67.0 Å². The van der Waals surface area contributed by atoms with E-state index in [1.165, 1.54) is 12.8 Å². The molecule has 0 aliphatic heterocycles. The third-order valence-electron chi connectivity index (χ3n) is 4.39. The molecule has 134 valence electrons. The molecule has 0 amide bonds. The predicted molar refractivity (Wildman–Crippen MR) is 100 cm³/mol. The van der Waals surface area contributed by atoms with Crippen LogP contribution >= 0.6 is 11.9 Å². The second-order valence-corrected chi connectivity index (χ2v) is 18.6. The molecular weight excluding hydrogens is 577 g/mol. The van der Waals surface area contributed by atoms with Gasteiger partial charge >= 0.3 is 168 Å². The SMILES string of the molecule is CCCCCC[C@@H](O)[C@H]([CH2][Hg][Br])[C@H](O)C[S@@](=O)c1ccc(C)cc1. The number of aliphatic hydroxyl groups excluding tert-OH is 2. The molecule has 3 nitrogen and oxygen atoms in total. The van der Waals surface area contributed by atoms with E-state index in [1.807, 2.05) is 31.2 Å². The fraction of sp³-hybridized carbons (Fsp3) is 0.667. The van der Waals surface area contributed by atoms with Crippen LogP contribution in [0.4, 0.5) is 0 Å². The summed E-state index contributed by atoms with van der Waals surface area (Å²) in [4.78, 5) is 0.749. The van der Waals surface area contributed by atoms with Gasteiger partial charge in [0, 0.05) is 0 Å². The molecule has 0 heterocycles. The molecule has 2 N–H and O–H groups in total. The van der Waals surface area contributed by atoms with Crippen molar-refractivity contribution in [2.75, 3.05) is 5.75 Å². The molecule has 1 rings (SSSR count).